The Morgan fingerprint density at radius 2 is 1.73 bits per heavy atom. The van der Waals surface area contributed by atoms with E-state index in [1.54, 1.807) is 6.08 Å². The van der Waals surface area contributed by atoms with E-state index in [2.05, 4.69) is 9.56 Å². The van der Waals surface area contributed by atoms with Gasteiger partial charge in [-0.2, -0.15) is 13.2 Å². The topological polar surface area (TPSA) is 65.6 Å². The van der Waals surface area contributed by atoms with Gasteiger partial charge in [-0.05, 0) is 55.3 Å². The molecular formula is C33H24Cl2F3N3O3S. The molecule has 1 atom stereocenters. The van der Waals surface area contributed by atoms with Crippen LogP contribution in [0.25, 0.3) is 17.0 Å². The van der Waals surface area contributed by atoms with Crippen LogP contribution in [-0.2, 0) is 16.1 Å². The van der Waals surface area contributed by atoms with E-state index in [0.29, 0.717) is 16.6 Å². The fourth-order valence-electron chi connectivity index (χ4n) is 5.57. The van der Waals surface area contributed by atoms with Gasteiger partial charge in [-0.1, -0.05) is 83.1 Å². The number of nitrogens with zero attached hydrogens (tertiary/aromatic N) is 3. The van der Waals surface area contributed by atoms with E-state index < -0.39 is 35.0 Å². The summed E-state index contributed by atoms with van der Waals surface area (Å²) in [7, 11) is 0. The average Bonchev–Trinajstić information content (AvgIpc) is 3.46. The van der Waals surface area contributed by atoms with E-state index in [9.17, 15) is 22.8 Å². The van der Waals surface area contributed by atoms with Gasteiger partial charge in [0.1, 0.15) is 0 Å². The number of fused-ring (bicyclic) bond motifs is 2. The number of ether oxygens (including phenoxy) is 1. The predicted molar refractivity (Wildman–Crippen MR) is 169 cm³/mol. The average molecular weight is 671 g/mol. The van der Waals surface area contributed by atoms with Crippen molar-refractivity contribution in [3.8, 4) is 0 Å². The lowest BCUT2D eigenvalue weighted by atomic mass is 9.95. The zero-order valence-corrected chi connectivity index (χ0v) is 26.2. The minimum absolute atomic E-state index is 0.156. The lowest BCUT2D eigenvalue weighted by molar-refractivity contribution is -0.140. The number of aromatic nitrogens is 2. The summed E-state index contributed by atoms with van der Waals surface area (Å²) in [5.41, 5.74) is 0.855. The first-order valence-electron chi connectivity index (χ1n) is 13.9. The van der Waals surface area contributed by atoms with Gasteiger partial charge in [0, 0.05) is 38.8 Å². The van der Waals surface area contributed by atoms with Gasteiger partial charge < -0.3 is 9.30 Å². The van der Waals surface area contributed by atoms with E-state index in [0.717, 1.165) is 43.6 Å². The molecule has 0 spiro atoms. The summed E-state index contributed by atoms with van der Waals surface area (Å²) < 4.78 is 51.8. The SMILES string of the molecule is CCOC(=O)C1=C(C(F)(F)F)N=c2s/c(=C\c3c(C)n(Cc4ccccc4Cl)c4ccccc34)c(=O)n2[C@@H]1c1ccc(Cl)cc1. The summed E-state index contributed by atoms with van der Waals surface area (Å²) in [4.78, 5) is 30.9. The summed E-state index contributed by atoms with van der Waals surface area (Å²) in [6, 6.07) is 19.7. The van der Waals surface area contributed by atoms with Crippen LogP contribution >= 0.6 is 34.5 Å². The number of hydrogen-bond acceptors (Lipinski definition) is 5. The largest absolute Gasteiger partial charge is 0.463 e. The molecule has 2 aromatic heterocycles. The highest BCUT2D eigenvalue weighted by Crippen LogP contribution is 2.38. The van der Waals surface area contributed by atoms with Gasteiger partial charge in [-0.25, -0.2) is 9.79 Å². The molecule has 230 valence electrons. The quantitative estimate of drug-likeness (QED) is 0.184. The number of para-hydroxylation sites is 1. The van der Waals surface area contributed by atoms with E-state index in [4.69, 9.17) is 27.9 Å². The first-order chi connectivity index (χ1) is 21.5. The number of esters is 1. The molecule has 6 rings (SSSR count). The van der Waals surface area contributed by atoms with Crippen molar-refractivity contribution >= 4 is 57.5 Å². The summed E-state index contributed by atoms with van der Waals surface area (Å²) in [6.07, 6.45) is -3.32. The van der Waals surface area contributed by atoms with Crippen LogP contribution < -0.4 is 14.9 Å². The van der Waals surface area contributed by atoms with Crippen LogP contribution in [0, 0.1) is 6.92 Å². The predicted octanol–water partition coefficient (Wildman–Crippen LogP) is 6.96. The molecule has 0 fully saturated rings. The Morgan fingerprint density at radius 1 is 1.04 bits per heavy atom. The Hall–Kier alpha value is -4.12. The Bertz CT molecular complexity index is 2180. The van der Waals surface area contributed by atoms with Crippen molar-refractivity contribution in [1.82, 2.24) is 9.13 Å². The highest BCUT2D eigenvalue weighted by molar-refractivity contribution is 7.07. The lowest BCUT2D eigenvalue weighted by Crippen LogP contribution is -2.41. The van der Waals surface area contributed by atoms with Crippen LogP contribution in [0.4, 0.5) is 13.2 Å². The maximum Gasteiger partial charge on any atom is 0.434 e. The molecule has 12 heteroatoms. The highest BCUT2D eigenvalue weighted by Gasteiger charge is 2.45. The van der Waals surface area contributed by atoms with Gasteiger partial charge in [0.05, 0.1) is 22.8 Å². The van der Waals surface area contributed by atoms with Crippen molar-refractivity contribution in [3.63, 3.8) is 0 Å². The minimum atomic E-state index is -5.00. The van der Waals surface area contributed by atoms with Crippen molar-refractivity contribution in [3.05, 3.63) is 136 Å². The highest BCUT2D eigenvalue weighted by atomic mass is 35.5. The van der Waals surface area contributed by atoms with Crippen LogP contribution in [0.5, 0.6) is 0 Å². The van der Waals surface area contributed by atoms with Gasteiger partial charge in [0.15, 0.2) is 10.5 Å². The lowest BCUT2D eigenvalue weighted by Gasteiger charge is -2.26. The van der Waals surface area contributed by atoms with Crippen molar-refractivity contribution < 1.29 is 22.7 Å². The first kappa shape index (κ1) is 30.9. The van der Waals surface area contributed by atoms with Crippen molar-refractivity contribution in [2.24, 2.45) is 4.99 Å². The Kier molecular flexibility index (Phi) is 8.24. The maximum absolute atomic E-state index is 14.4. The van der Waals surface area contributed by atoms with Crippen LogP contribution in [-0.4, -0.2) is 27.9 Å². The monoisotopic (exact) mass is 669 g/mol. The molecule has 1 aliphatic heterocycles. The van der Waals surface area contributed by atoms with Crippen molar-refractivity contribution in [1.29, 1.82) is 0 Å². The zero-order valence-electron chi connectivity index (χ0n) is 23.9. The third kappa shape index (κ3) is 5.62. The Labute approximate surface area is 268 Å². The van der Waals surface area contributed by atoms with Gasteiger partial charge in [-0.3, -0.25) is 9.36 Å². The number of rotatable bonds is 6. The number of hydrogen-bond donors (Lipinski definition) is 0. The van der Waals surface area contributed by atoms with E-state index in [1.165, 1.54) is 31.2 Å². The molecule has 0 radical (unpaired) electrons. The Morgan fingerprint density at radius 3 is 2.42 bits per heavy atom. The summed E-state index contributed by atoms with van der Waals surface area (Å²) in [5, 5.41) is 1.81. The van der Waals surface area contributed by atoms with Gasteiger partial charge in [0.2, 0.25) is 0 Å². The fraction of sp³-hybridized carbons (Fsp3) is 0.182. The second-order valence-electron chi connectivity index (χ2n) is 10.3. The molecule has 3 aromatic carbocycles. The number of thiazole rings is 1. The maximum atomic E-state index is 14.4. The molecule has 5 aromatic rings. The number of carbonyl (C=O) groups is 1. The molecular weight excluding hydrogens is 646 g/mol. The van der Waals surface area contributed by atoms with Crippen LogP contribution in [0.15, 0.2) is 93.9 Å². The van der Waals surface area contributed by atoms with Gasteiger partial charge in [-0.15, -0.1) is 0 Å². The van der Waals surface area contributed by atoms with E-state index in [1.807, 2.05) is 55.5 Å². The molecule has 0 amide bonds. The molecule has 3 heterocycles. The third-order valence-electron chi connectivity index (χ3n) is 7.62. The van der Waals surface area contributed by atoms with Gasteiger partial charge in [0.25, 0.3) is 5.56 Å². The number of alkyl halides is 3. The smallest absolute Gasteiger partial charge is 0.434 e. The number of halogens is 5. The molecule has 45 heavy (non-hydrogen) atoms. The molecule has 6 nitrogen and oxygen atoms in total. The minimum Gasteiger partial charge on any atom is -0.463 e. The number of allylic oxidation sites excluding steroid dienone is 1. The molecule has 0 N–H and O–H groups in total. The molecule has 0 bridgehead atoms. The molecule has 0 saturated carbocycles. The summed E-state index contributed by atoms with van der Waals surface area (Å²) >= 11 is 13.4. The zero-order chi connectivity index (χ0) is 32.0. The summed E-state index contributed by atoms with van der Waals surface area (Å²) in [6.45, 7) is 3.71. The molecule has 0 unspecified atom stereocenters. The molecule has 0 saturated heterocycles. The van der Waals surface area contributed by atoms with E-state index >= 15 is 0 Å². The normalized spacial score (nSPS) is 15.4. The van der Waals surface area contributed by atoms with Crippen LogP contribution in [0.2, 0.25) is 10.0 Å². The second-order valence-corrected chi connectivity index (χ2v) is 12.2. The fourth-order valence-corrected chi connectivity index (χ4v) is 6.88. The third-order valence-corrected chi connectivity index (χ3v) is 9.23. The summed E-state index contributed by atoms with van der Waals surface area (Å²) in [5.74, 6) is -1.21. The molecule has 0 aliphatic carbocycles. The molecule has 1 aliphatic rings. The van der Waals surface area contributed by atoms with Crippen molar-refractivity contribution in [2.45, 2.75) is 32.6 Å². The standard InChI is InChI=1S/C33H24Cl2F3N3O3S/c1-3-44-31(43)27-28(19-12-14-21(34)15-13-19)41-30(42)26(45-32(41)39-29(27)33(36,37)38)16-23-18(2)40(25-11-7-5-9-22(23)25)17-20-8-4-6-10-24(20)35/h4-16,28H,3,17H2,1-2H3/b26-16-/t28-/m1/s1. The van der Waals surface area contributed by atoms with Gasteiger partial charge >= 0.3 is 12.1 Å². The Balaban J connectivity index is 1.60. The number of carbonyl (C=O) groups excluding carboxylic acids is 1. The van der Waals surface area contributed by atoms with Crippen LogP contribution in [0.3, 0.4) is 0 Å². The van der Waals surface area contributed by atoms with E-state index in [-0.39, 0.29) is 21.5 Å². The van der Waals surface area contributed by atoms with Crippen LogP contribution in [0.1, 0.15) is 35.3 Å². The number of benzene rings is 3. The first-order valence-corrected chi connectivity index (χ1v) is 15.4. The second kappa shape index (κ2) is 12.0. The van der Waals surface area contributed by atoms with Crippen molar-refractivity contribution in [2.75, 3.05) is 6.61 Å².